The van der Waals surface area contributed by atoms with Crippen LogP contribution in [0.3, 0.4) is 0 Å². The molecule has 0 radical (unpaired) electrons. The minimum Gasteiger partial charge on any atom is -0.465 e. The Balaban J connectivity index is 2.36. The summed E-state index contributed by atoms with van der Waals surface area (Å²) >= 11 is 0. The van der Waals surface area contributed by atoms with Crippen LogP contribution in [0, 0.1) is 15.9 Å². The van der Waals surface area contributed by atoms with E-state index in [2.05, 4.69) is 15.0 Å². The van der Waals surface area contributed by atoms with Crippen LogP contribution in [0.1, 0.15) is 16.8 Å². The number of halogens is 1. The lowest BCUT2D eigenvalue weighted by molar-refractivity contribution is -0.384. The number of nitrogens with zero attached hydrogens (tertiary/aromatic N) is 2. The largest absolute Gasteiger partial charge is 0.465 e. The number of nitrogens with one attached hydrogen (secondary N) is 1. The van der Waals surface area contributed by atoms with Gasteiger partial charge in [0.15, 0.2) is 0 Å². The molecule has 114 valence electrons. The van der Waals surface area contributed by atoms with Gasteiger partial charge in [0.25, 0.3) is 5.69 Å². The molecule has 8 heteroatoms. The first kappa shape index (κ1) is 15.2. The van der Waals surface area contributed by atoms with Crippen LogP contribution in [0.2, 0.25) is 0 Å². The van der Waals surface area contributed by atoms with Gasteiger partial charge in [-0.2, -0.15) is 0 Å². The van der Waals surface area contributed by atoms with E-state index in [9.17, 15) is 19.3 Å². The van der Waals surface area contributed by atoms with Crippen molar-refractivity contribution in [3.05, 3.63) is 33.6 Å². The molecular formula is C13H16FN3O4. The molecule has 1 aliphatic rings. The van der Waals surface area contributed by atoms with E-state index >= 15 is 0 Å². The molecule has 0 aromatic heterocycles. The maximum atomic E-state index is 13.8. The number of likely N-dealkylation sites (tertiary alicyclic amines) is 1. The lowest BCUT2D eigenvalue weighted by atomic mass is 10.1. The number of carbonyl (C=O) groups excluding carboxylic acids is 1. The average molecular weight is 297 g/mol. The SMILES string of the molecule is COC(=O)c1cc(NC2CCN(C)C2)c([N+](=O)[O-])cc1F. The van der Waals surface area contributed by atoms with E-state index in [0.717, 1.165) is 38.8 Å². The fraction of sp³-hybridized carbons (Fsp3) is 0.462. The Bertz CT molecular complexity index is 579. The number of ether oxygens (including phenoxy) is 1. The second-order valence-corrected chi connectivity index (χ2v) is 4.99. The smallest absolute Gasteiger partial charge is 0.340 e. The van der Waals surface area contributed by atoms with Crippen molar-refractivity contribution in [2.45, 2.75) is 12.5 Å². The molecule has 1 aliphatic heterocycles. The Morgan fingerprint density at radius 2 is 2.29 bits per heavy atom. The molecule has 1 aromatic carbocycles. The van der Waals surface area contributed by atoms with Gasteiger partial charge >= 0.3 is 5.97 Å². The number of methoxy groups -OCH3 is 1. The number of hydrogen-bond donors (Lipinski definition) is 1. The minimum atomic E-state index is -0.970. The summed E-state index contributed by atoms with van der Waals surface area (Å²) < 4.78 is 18.2. The third kappa shape index (κ3) is 3.27. The summed E-state index contributed by atoms with van der Waals surface area (Å²) in [5, 5.41) is 14.0. The molecule has 1 atom stereocenters. The lowest BCUT2D eigenvalue weighted by Crippen LogP contribution is -2.24. The van der Waals surface area contributed by atoms with Crippen LogP contribution in [0.5, 0.6) is 0 Å². The first-order valence-electron chi connectivity index (χ1n) is 6.43. The fourth-order valence-electron chi connectivity index (χ4n) is 2.37. The molecule has 0 saturated carbocycles. The van der Waals surface area contributed by atoms with Crippen molar-refractivity contribution in [3.8, 4) is 0 Å². The van der Waals surface area contributed by atoms with Gasteiger partial charge in [-0.1, -0.05) is 0 Å². The van der Waals surface area contributed by atoms with E-state index in [4.69, 9.17) is 0 Å². The molecule has 1 N–H and O–H groups in total. The summed E-state index contributed by atoms with van der Waals surface area (Å²) in [6, 6.07) is 1.90. The molecule has 0 bridgehead atoms. The zero-order valence-electron chi connectivity index (χ0n) is 11.8. The number of benzene rings is 1. The maximum Gasteiger partial charge on any atom is 0.340 e. The van der Waals surface area contributed by atoms with E-state index < -0.39 is 22.4 Å². The number of hydrogen-bond acceptors (Lipinski definition) is 6. The van der Waals surface area contributed by atoms with E-state index in [-0.39, 0.29) is 17.3 Å². The van der Waals surface area contributed by atoms with Crippen molar-refractivity contribution < 1.29 is 18.8 Å². The van der Waals surface area contributed by atoms with Gasteiger partial charge in [-0.3, -0.25) is 10.1 Å². The van der Waals surface area contributed by atoms with Crippen molar-refractivity contribution in [1.29, 1.82) is 0 Å². The summed E-state index contributed by atoms with van der Waals surface area (Å²) in [5.41, 5.74) is -0.589. The molecule has 1 saturated heterocycles. The Morgan fingerprint density at radius 3 is 2.81 bits per heavy atom. The molecule has 1 aromatic rings. The number of esters is 1. The molecule has 0 amide bonds. The molecule has 2 rings (SSSR count). The van der Waals surface area contributed by atoms with Gasteiger partial charge in [-0.15, -0.1) is 0 Å². The van der Waals surface area contributed by atoms with Gasteiger partial charge in [0.2, 0.25) is 0 Å². The highest BCUT2D eigenvalue weighted by Gasteiger charge is 2.26. The van der Waals surface area contributed by atoms with E-state index in [1.165, 1.54) is 0 Å². The normalized spacial score (nSPS) is 18.5. The van der Waals surface area contributed by atoms with Crippen LogP contribution < -0.4 is 5.32 Å². The number of rotatable bonds is 4. The number of carbonyl (C=O) groups is 1. The molecule has 1 unspecified atom stereocenters. The predicted octanol–water partition coefficient (Wildman–Crippen LogP) is 1.64. The van der Waals surface area contributed by atoms with Gasteiger partial charge in [0, 0.05) is 12.6 Å². The Hall–Kier alpha value is -2.22. The Kier molecular flexibility index (Phi) is 4.37. The molecule has 0 aliphatic carbocycles. The van der Waals surface area contributed by atoms with Gasteiger partial charge in [-0.25, -0.2) is 9.18 Å². The van der Waals surface area contributed by atoms with Crippen molar-refractivity contribution in [2.75, 3.05) is 32.6 Å². The van der Waals surface area contributed by atoms with Crippen LogP contribution in [0.15, 0.2) is 12.1 Å². The standard InChI is InChI=1S/C13H16FN3O4/c1-16-4-3-8(7-16)15-11-5-9(13(18)21-2)10(14)6-12(11)17(19)20/h5-6,8,15H,3-4,7H2,1-2H3. The first-order valence-corrected chi connectivity index (χ1v) is 6.43. The van der Waals surface area contributed by atoms with E-state index in [1.54, 1.807) is 0 Å². The van der Waals surface area contributed by atoms with Crippen molar-refractivity contribution in [2.24, 2.45) is 0 Å². The number of likely N-dealkylation sites (N-methyl/N-ethyl adjacent to an activating group) is 1. The fourth-order valence-corrected chi connectivity index (χ4v) is 2.37. The summed E-state index contributed by atoms with van der Waals surface area (Å²) in [6.45, 7) is 1.60. The van der Waals surface area contributed by atoms with Gasteiger partial charge in [-0.05, 0) is 26.1 Å². The topological polar surface area (TPSA) is 84.7 Å². The summed E-state index contributed by atoms with van der Waals surface area (Å²) in [4.78, 5) is 23.9. The predicted molar refractivity (Wildman–Crippen MR) is 73.9 cm³/mol. The number of nitro benzene ring substituents is 1. The molecule has 1 heterocycles. The van der Waals surface area contributed by atoms with Crippen LogP contribution in [-0.2, 0) is 4.74 Å². The van der Waals surface area contributed by atoms with Gasteiger partial charge in [0.05, 0.1) is 23.7 Å². The third-order valence-corrected chi connectivity index (χ3v) is 3.44. The second-order valence-electron chi connectivity index (χ2n) is 4.99. The number of nitro groups is 1. The van der Waals surface area contributed by atoms with E-state index in [1.807, 2.05) is 7.05 Å². The highest BCUT2D eigenvalue weighted by molar-refractivity contribution is 5.92. The van der Waals surface area contributed by atoms with Gasteiger partial charge in [0.1, 0.15) is 11.5 Å². The van der Waals surface area contributed by atoms with Crippen molar-refractivity contribution in [3.63, 3.8) is 0 Å². The Morgan fingerprint density at radius 1 is 1.57 bits per heavy atom. The van der Waals surface area contributed by atoms with Crippen LogP contribution in [0.25, 0.3) is 0 Å². The summed E-state index contributed by atoms with van der Waals surface area (Å²) in [5.74, 6) is -1.84. The van der Waals surface area contributed by atoms with Crippen LogP contribution in [0.4, 0.5) is 15.8 Å². The van der Waals surface area contributed by atoms with E-state index in [0.29, 0.717) is 0 Å². The van der Waals surface area contributed by atoms with Crippen molar-refractivity contribution in [1.82, 2.24) is 4.90 Å². The van der Waals surface area contributed by atoms with Crippen molar-refractivity contribution >= 4 is 17.3 Å². The summed E-state index contributed by atoms with van der Waals surface area (Å²) in [6.07, 6.45) is 0.818. The first-order chi connectivity index (χ1) is 9.92. The van der Waals surface area contributed by atoms with Gasteiger partial charge < -0.3 is 15.0 Å². The molecular weight excluding hydrogens is 281 g/mol. The highest BCUT2D eigenvalue weighted by atomic mass is 19.1. The Labute approximate surface area is 120 Å². The third-order valence-electron chi connectivity index (χ3n) is 3.44. The zero-order valence-corrected chi connectivity index (χ0v) is 11.8. The minimum absolute atomic E-state index is 0.0182. The monoisotopic (exact) mass is 297 g/mol. The second kappa shape index (κ2) is 6.04. The number of anilines is 1. The van der Waals surface area contributed by atoms with Crippen LogP contribution in [-0.4, -0.2) is 49.1 Å². The summed E-state index contributed by atoms with van der Waals surface area (Å²) in [7, 11) is 3.07. The average Bonchev–Trinajstić information content (AvgIpc) is 2.84. The quantitative estimate of drug-likeness (QED) is 0.516. The highest BCUT2D eigenvalue weighted by Crippen LogP contribution is 2.29. The molecule has 1 fully saturated rings. The molecule has 7 nitrogen and oxygen atoms in total. The zero-order chi connectivity index (χ0) is 15.6. The lowest BCUT2D eigenvalue weighted by Gasteiger charge is -2.15. The maximum absolute atomic E-state index is 13.8. The van der Waals surface area contributed by atoms with Crippen LogP contribution >= 0.6 is 0 Å². The molecule has 0 spiro atoms. The molecule has 21 heavy (non-hydrogen) atoms.